The van der Waals surface area contributed by atoms with E-state index in [0.717, 1.165) is 0 Å². The molecule has 3 N–H and O–H groups in total. The van der Waals surface area contributed by atoms with E-state index in [2.05, 4.69) is 0 Å². The highest BCUT2D eigenvalue weighted by Crippen LogP contribution is 2.25. The Balaban J connectivity index is 2.61. The van der Waals surface area contributed by atoms with Crippen LogP contribution in [0.25, 0.3) is 6.08 Å². The van der Waals surface area contributed by atoms with Crippen LogP contribution in [0.2, 0.25) is 0 Å². The Bertz CT molecular complexity index is 462. The molecule has 0 aliphatic rings. The van der Waals surface area contributed by atoms with Crippen molar-refractivity contribution in [3.8, 4) is 11.5 Å². The first-order chi connectivity index (χ1) is 7.99. The molecule has 0 fully saturated rings. The summed E-state index contributed by atoms with van der Waals surface area (Å²) in [6.45, 7) is 0. The van der Waals surface area contributed by atoms with Crippen molar-refractivity contribution in [2.24, 2.45) is 0 Å². The third-order valence-corrected chi connectivity index (χ3v) is 2.05. The molecule has 0 aliphatic carbocycles. The van der Waals surface area contributed by atoms with Crippen LogP contribution in [0.4, 0.5) is 0 Å². The number of phenolic OH excluding ortho intramolecular Hbond substituents is 2. The van der Waals surface area contributed by atoms with Crippen molar-refractivity contribution in [1.29, 1.82) is 0 Å². The minimum absolute atomic E-state index is 0.0596. The van der Waals surface area contributed by atoms with Crippen LogP contribution in [-0.2, 0) is 9.59 Å². The van der Waals surface area contributed by atoms with Gasteiger partial charge in [0.15, 0.2) is 17.3 Å². The van der Waals surface area contributed by atoms with E-state index in [4.69, 9.17) is 10.2 Å². The lowest BCUT2D eigenvalue weighted by Gasteiger charge is -1.98. The molecule has 5 nitrogen and oxygen atoms in total. The van der Waals surface area contributed by atoms with Gasteiger partial charge in [0.1, 0.15) is 0 Å². The monoisotopic (exact) mass is 236 g/mol. The lowest BCUT2D eigenvalue weighted by Crippen LogP contribution is -1.99. The number of phenols is 2. The number of carbonyl (C=O) groups excluding carboxylic acids is 1. The lowest BCUT2D eigenvalue weighted by atomic mass is 10.1. The lowest BCUT2D eigenvalue weighted by molar-refractivity contribution is -0.138. The van der Waals surface area contributed by atoms with Crippen LogP contribution in [0.15, 0.2) is 24.3 Å². The van der Waals surface area contributed by atoms with Crippen LogP contribution in [0.5, 0.6) is 11.5 Å². The van der Waals surface area contributed by atoms with Gasteiger partial charge in [0.2, 0.25) is 0 Å². The molecule has 0 spiro atoms. The second-order valence-electron chi connectivity index (χ2n) is 3.44. The normalized spacial score (nSPS) is 10.6. The van der Waals surface area contributed by atoms with E-state index in [1.165, 1.54) is 30.4 Å². The molecule has 1 aromatic rings. The standard InChI is InChI=1S/C12H12O5/c13-9(4-6-12(16)17)3-1-8-2-5-10(14)11(15)7-8/h1-3,5,7,14-15H,4,6H2,(H,16,17)/b3-1+. The Morgan fingerprint density at radius 3 is 2.41 bits per heavy atom. The maximum Gasteiger partial charge on any atom is 0.303 e. The fraction of sp³-hybridized carbons (Fsp3) is 0.167. The average molecular weight is 236 g/mol. The van der Waals surface area contributed by atoms with E-state index in [1.807, 2.05) is 0 Å². The summed E-state index contributed by atoms with van der Waals surface area (Å²) in [5.74, 6) is -1.83. The molecule has 0 bridgehead atoms. The molecular formula is C12H12O5. The van der Waals surface area contributed by atoms with Crippen LogP contribution in [0, 0.1) is 0 Å². The van der Waals surface area contributed by atoms with Crippen LogP contribution in [0.3, 0.4) is 0 Å². The van der Waals surface area contributed by atoms with Crippen molar-refractivity contribution < 1.29 is 24.9 Å². The number of carboxylic acid groups (broad SMARTS) is 1. The second kappa shape index (κ2) is 5.69. The van der Waals surface area contributed by atoms with Crippen LogP contribution < -0.4 is 0 Å². The number of aromatic hydroxyl groups is 2. The topological polar surface area (TPSA) is 94.8 Å². The molecule has 1 aromatic carbocycles. The van der Waals surface area contributed by atoms with Crippen LogP contribution >= 0.6 is 0 Å². The number of ketones is 1. The Hall–Kier alpha value is -2.30. The highest BCUT2D eigenvalue weighted by molar-refractivity contribution is 5.95. The summed E-state index contributed by atoms with van der Waals surface area (Å²) in [4.78, 5) is 21.4. The summed E-state index contributed by atoms with van der Waals surface area (Å²) in [5.41, 5.74) is 0.545. The first kappa shape index (κ1) is 12.8. The molecule has 0 aromatic heterocycles. The number of rotatable bonds is 5. The van der Waals surface area contributed by atoms with E-state index >= 15 is 0 Å². The highest BCUT2D eigenvalue weighted by atomic mass is 16.4. The third kappa shape index (κ3) is 4.38. The number of carbonyl (C=O) groups is 2. The van der Waals surface area contributed by atoms with Gasteiger partial charge in [-0.3, -0.25) is 9.59 Å². The second-order valence-corrected chi connectivity index (χ2v) is 3.44. The summed E-state index contributed by atoms with van der Waals surface area (Å²) < 4.78 is 0. The Labute approximate surface area is 97.6 Å². The van der Waals surface area contributed by atoms with Gasteiger partial charge in [-0.2, -0.15) is 0 Å². The summed E-state index contributed by atoms with van der Waals surface area (Å²) in [6, 6.07) is 4.13. The molecule has 5 heteroatoms. The van der Waals surface area contributed by atoms with Gasteiger partial charge < -0.3 is 15.3 Å². The van der Waals surface area contributed by atoms with Crippen molar-refractivity contribution in [3.63, 3.8) is 0 Å². The fourth-order valence-corrected chi connectivity index (χ4v) is 1.15. The van der Waals surface area contributed by atoms with Gasteiger partial charge in [-0.1, -0.05) is 12.1 Å². The SMILES string of the molecule is O=C(O)CCC(=O)/C=C/c1ccc(O)c(O)c1. The van der Waals surface area contributed by atoms with E-state index in [-0.39, 0.29) is 30.1 Å². The predicted octanol–water partition coefficient (Wildman–Crippen LogP) is 1.54. The summed E-state index contributed by atoms with van der Waals surface area (Å²) in [6.07, 6.45) is 2.43. The number of carboxylic acids is 1. The largest absolute Gasteiger partial charge is 0.504 e. The molecular weight excluding hydrogens is 224 g/mol. The molecule has 0 saturated carbocycles. The van der Waals surface area contributed by atoms with Crippen molar-refractivity contribution in [3.05, 3.63) is 29.8 Å². The van der Waals surface area contributed by atoms with Crippen molar-refractivity contribution in [2.75, 3.05) is 0 Å². The minimum Gasteiger partial charge on any atom is -0.504 e. The van der Waals surface area contributed by atoms with Crippen LogP contribution in [0.1, 0.15) is 18.4 Å². The maximum atomic E-state index is 11.2. The van der Waals surface area contributed by atoms with E-state index in [0.29, 0.717) is 5.56 Å². The fourth-order valence-electron chi connectivity index (χ4n) is 1.15. The first-order valence-electron chi connectivity index (χ1n) is 4.93. The maximum absolute atomic E-state index is 11.2. The highest BCUT2D eigenvalue weighted by Gasteiger charge is 2.02. The quantitative estimate of drug-likeness (QED) is 0.532. The van der Waals surface area contributed by atoms with Crippen molar-refractivity contribution >= 4 is 17.8 Å². The minimum atomic E-state index is -1.02. The zero-order chi connectivity index (χ0) is 12.8. The summed E-state index contributed by atoms with van der Waals surface area (Å²) >= 11 is 0. The van der Waals surface area contributed by atoms with Crippen molar-refractivity contribution in [1.82, 2.24) is 0 Å². The molecule has 0 unspecified atom stereocenters. The molecule has 0 radical (unpaired) electrons. The summed E-state index contributed by atoms with van der Waals surface area (Å²) in [5, 5.41) is 26.6. The average Bonchev–Trinajstić information content (AvgIpc) is 2.28. The van der Waals surface area contributed by atoms with Gasteiger partial charge in [-0.25, -0.2) is 0 Å². The molecule has 1 rings (SSSR count). The first-order valence-corrected chi connectivity index (χ1v) is 4.93. The molecule has 0 atom stereocenters. The zero-order valence-electron chi connectivity index (χ0n) is 8.96. The van der Waals surface area contributed by atoms with Crippen LogP contribution in [-0.4, -0.2) is 27.1 Å². The molecule has 90 valence electrons. The molecule has 0 amide bonds. The predicted molar refractivity (Wildman–Crippen MR) is 60.7 cm³/mol. The molecule has 0 saturated heterocycles. The van der Waals surface area contributed by atoms with E-state index in [9.17, 15) is 14.7 Å². The molecule has 17 heavy (non-hydrogen) atoms. The van der Waals surface area contributed by atoms with Gasteiger partial charge in [-0.15, -0.1) is 0 Å². The zero-order valence-corrected chi connectivity index (χ0v) is 8.96. The Morgan fingerprint density at radius 1 is 1.12 bits per heavy atom. The van der Waals surface area contributed by atoms with Gasteiger partial charge in [0, 0.05) is 6.42 Å². The number of hydrogen-bond acceptors (Lipinski definition) is 4. The Kier molecular flexibility index (Phi) is 4.28. The summed E-state index contributed by atoms with van der Waals surface area (Å²) in [7, 11) is 0. The molecule has 0 aliphatic heterocycles. The molecule has 0 heterocycles. The van der Waals surface area contributed by atoms with Gasteiger partial charge in [0.25, 0.3) is 0 Å². The number of aliphatic carboxylic acids is 1. The van der Waals surface area contributed by atoms with Gasteiger partial charge >= 0.3 is 5.97 Å². The third-order valence-electron chi connectivity index (χ3n) is 2.05. The number of hydrogen-bond donors (Lipinski definition) is 3. The van der Waals surface area contributed by atoms with E-state index in [1.54, 1.807) is 0 Å². The van der Waals surface area contributed by atoms with Gasteiger partial charge in [0.05, 0.1) is 6.42 Å². The number of benzene rings is 1. The Morgan fingerprint density at radius 2 is 1.82 bits per heavy atom. The van der Waals surface area contributed by atoms with E-state index < -0.39 is 5.97 Å². The smallest absolute Gasteiger partial charge is 0.303 e. The van der Waals surface area contributed by atoms with Gasteiger partial charge in [-0.05, 0) is 23.8 Å². The number of allylic oxidation sites excluding steroid dienone is 1. The van der Waals surface area contributed by atoms with Crippen molar-refractivity contribution in [2.45, 2.75) is 12.8 Å².